The van der Waals surface area contributed by atoms with Crippen LogP contribution in [0.4, 0.5) is 0 Å². The summed E-state index contributed by atoms with van der Waals surface area (Å²) in [6.07, 6.45) is 0. The van der Waals surface area contributed by atoms with E-state index in [0.717, 1.165) is 0 Å². The highest BCUT2D eigenvalue weighted by Gasteiger charge is 2.47. The molecule has 1 heterocycles. The minimum absolute atomic E-state index is 0.0324. The number of benzene rings is 1. The van der Waals surface area contributed by atoms with Gasteiger partial charge in [0.05, 0.1) is 25.3 Å². The molecular formula is C16H22N2O. The molecule has 1 fully saturated rings. The third-order valence-corrected chi connectivity index (χ3v) is 4.06. The molecule has 1 aliphatic rings. The second kappa shape index (κ2) is 5.32. The fraction of sp³-hybridized carbons (Fsp3) is 0.562. The lowest BCUT2D eigenvalue weighted by Crippen LogP contribution is -2.50. The van der Waals surface area contributed by atoms with Crippen molar-refractivity contribution in [2.24, 2.45) is 5.41 Å². The zero-order chi connectivity index (χ0) is 14.0. The highest BCUT2D eigenvalue weighted by Crippen LogP contribution is 2.41. The smallest absolute Gasteiger partial charge is 0.123 e. The second-order valence-electron chi connectivity index (χ2n) is 5.75. The molecule has 1 saturated heterocycles. The zero-order valence-corrected chi connectivity index (χ0v) is 12.2. The molecule has 3 heteroatoms. The number of rotatable bonds is 4. The number of hydrogen-bond acceptors (Lipinski definition) is 3. The van der Waals surface area contributed by atoms with E-state index in [-0.39, 0.29) is 6.04 Å². The van der Waals surface area contributed by atoms with Gasteiger partial charge in [-0.3, -0.25) is 0 Å². The van der Waals surface area contributed by atoms with Crippen molar-refractivity contribution in [3.8, 4) is 6.07 Å². The van der Waals surface area contributed by atoms with Crippen LogP contribution < -0.4 is 5.32 Å². The molecule has 1 aromatic carbocycles. The average Bonchev–Trinajstić information content (AvgIpc) is 2.34. The Morgan fingerprint density at radius 3 is 2.47 bits per heavy atom. The molecule has 19 heavy (non-hydrogen) atoms. The lowest BCUT2D eigenvalue weighted by Gasteiger charge is -2.42. The van der Waals surface area contributed by atoms with E-state index in [0.29, 0.717) is 19.1 Å². The summed E-state index contributed by atoms with van der Waals surface area (Å²) in [6, 6.07) is 9.05. The first-order valence-corrected chi connectivity index (χ1v) is 6.81. The monoisotopic (exact) mass is 258 g/mol. The Kier molecular flexibility index (Phi) is 3.93. The largest absolute Gasteiger partial charge is 0.378 e. The molecule has 0 aliphatic carbocycles. The van der Waals surface area contributed by atoms with Crippen molar-refractivity contribution in [2.75, 3.05) is 20.3 Å². The first-order chi connectivity index (χ1) is 9.04. The number of hydrogen-bond donors (Lipinski definition) is 1. The lowest BCUT2D eigenvalue weighted by molar-refractivity contribution is -0.0964. The molecule has 2 rings (SSSR count). The van der Waals surface area contributed by atoms with E-state index in [4.69, 9.17) is 4.74 Å². The van der Waals surface area contributed by atoms with Gasteiger partial charge in [0.2, 0.25) is 0 Å². The molecule has 0 spiro atoms. The topological polar surface area (TPSA) is 45.0 Å². The van der Waals surface area contributed by atoms with Crippen molar-refractivity contribution in [1.82, 2.24) is 5.32 Å². The van der Waals surface area contributed by atoms with Crippen LogP contribution in [0.25, 0.3) is 0 Å². The van der Waals surface area contributed by atoms with Crippen molar-refractivity contribution in [1.29, 1.82) is 5.26 Å². The summed E-state index contributed by atoms with van der Waals surface area (Å²) in [5.41, 5.74) is 3.34. The fourth-order valence-corrected chi connectivity index (χ4v) is 2.68. The van der Waals surface area contributed by atoms with Gasteiger partial charge >= 0.3 is 0 Å². The second-order valence-corrected chi connectivity index (χ2v) is 5.75. The summed E-state index contributed by atoms with van der Waals surface area (Å²) in [5.74, 6) is 0.493. The Balaban J connectivity index is 2.43. The molecule has 3 nitrogen and oxygen atoms in total. The quantitative estimate of drug-likeness (QED) is 0.903. The maximum atomic E-state index is 9.50. The van der Waals surface area contributed by atoms with Gasteiger partial charge in [-0.2, -0.15) is 5.26 Å². The average molecular weight is 258 g/mol. The molecule has 1 unspecified atom stereocenters. The molecule has 0 bridgehead atoms. The van der Waals surface area contributed by atoms with E-state index in [2.05, 4.69) is 50.4 Å². The van der Waals surface area contributed by atoms with Gasteiger partial charge in [0.1, 0.15) is 5.41 Å². The maximum Gasteiger partial charge on any atom is 0.123 e. The summed E-state index contributed by atoms with van der Waals surface area (Å²) >= 11 is 0. The van der Waals surface area contributed by atoms with Crippen LogP contribution in [0.1, 0.15) is 42.5 Å². The Morgan fingerprint density at radius 1 is 1.37 bits per heavy atom. The Morgan fingerprint density at radius 2 is 2.05 bits per heavy atom. The first-order valence-electron chi connectivity index (χ1n) is 6.81. The minimum Gasteiger partial charge on any atom is -0.378 e. The molecule has 1 atom stereocenters. The molecule has 0 radical (unpaired) electrons. The predicted molar refractivity (Wildman–Crippen MR) is 75.9 cm³/mol. The Labute approximate surface area is 115 Å². The standard InChI is InChI=1S/C16H22N2O/c1-11(2)13-6-5-12(3)14(7-13)15(18-4)16(8-17)9-19-10-16/h5-7,11,15,18H,9-10H2,1-4H3. The van der Waals surface area contributed by atoms with E-state index >= 15 is 0 Å². The SMILES string of the molecule is CNC(c1cc(C(C)C)ccc1C)C1(C#N)COC1. The van der Waals surface area contributed by atoms with Crippen LogP contribution >= 0.6 is 0 Å². The molecule has 0 aromatic heterocycles. The Hall–Kier alpha value is -1.37. The van der Waals surface area contributed by atoms with Gasteiger partial charge < -0.3 is 10.1 Å². The molecule has 1 N–H and O–H groups in total. The predicted octanol–water partition coefficient (Wildman–Crippen LogP) is 2.92. The van der Waals surface area contributed by atoms with E-state index in [1.165, 1.54) is 16.7 Å². The van der Waals surface area contributed by atoms with Crippen LogP contribution in [0, 0.1) is 23.7 Å². The molecule has 0 saturated carbocycles. The van der Waals surface area contributed by atoms with E-state index in [1.807, 2.05) is 7.05 Å². The minimum atomic E-state index is -0.422. The third-order valence-electron chi connectivity index (χ3n) is 4.06. The van der Waals surface area contributed by atoms with Crippen LogP contribution in [-0.2, 0) is 4.74 Å². The molecule has 102 valence electrons. The van der Waals surface area contributed by atoms with Crippen LogP contribution in [0.5, 0.6) is 0 Å². The van der Waals surface area contributed by atoms with Gasteiger partial charge in [-0.1, -0.05) is 32.0 Å². The number of nitrogens with one attached hydrogen (secondary N) is 1. The lowest BCUT2D eigenvalue weighted by atomic mass is 9.75. The number of nitrogens with zero attached hydrogens (tertiary/aromatic N) is 1. The van der Waals surface area contributed by atoms with Gasteiger partial charge in [-0.05, 0) is 36.6 Å². The van der Waals surface area contributed by atoms with Gasteiger partial charge in [-0.25, -0.2) is 0 Å². The molecule has 1 aliphatic heterocycles. The summed E-state index contributed by atoms with van der Waals surface area (Å²) in [7, 11) is 1.92. The van der Waals surface area contributed by atoms with E-state index in [1.54, 1.807) is 0 Å². The van der Waals surface area contributed by atoms with Gasteiger partial charge in [0.15, 0.2) is 0 Å². The van der Waals surface area contributed by atoms with Crippen molar-refractivity contribution >= 4 is 0 Å². The van der Waals surface area contributed by atoms with Crippen molar-refractivity contribution in [3.63, 3.8) is 0 Å². The van der Waals surface area contributed by atoms with Gasteiger partial charge in [0, 0.05) is 0 Å². The van der Waals surface area contributed by atoms with E-state index in [9.17, 15) is 5.26 Å². The highest BCUT2D eigenvalue weighted by molar-refractivity contribution is 5.37. The van der Waals surface area contributed by atoms with Crippen LogP contribution in [-0.4, -0.2) is 20.3 Å². The van der Waals surface area contributed by atoms with Crippen molar-refractivity contribution < 1.29 is 4.74 Å². The number of nitriles is 1. The Bertz CT molecular complexity index is 498. The third kappa shape index (κ3) is 2.39. The first kappa shape index (κ1) is 14.0. The normalized spacial score (nSPS) is 18.7. The number of ether oxygens (including phenoxy) is 1. The highest BCUT2D eigenvalue weighted by atomic mass is 16.5. The van der Waals surface area contributed by atoms with Gasteiger partial charge in [0.25, 0.3) is 0 Å². The summed E-state index contributed by atoms with van der Waals surface area (Å²) < 4.78 is 5.29. The zero-order valence-electron chi connectivity index (χ0n) is 12.2. The molecular weight excluding hydrogens is 236 g/mol. The van der Waals surface area contributed by atoms with Crippen molar-refractivity contribution in [3.05, 3.63) is 34.9 Å². The maximum absolute atomic E-state index is 9.50. The molecule has 0 amide bonds. The van der Waals surface area contributed by atoms with Gasteiger partial charge in [-0.15, -0.1) is 0 Å². The van der Waals surface area contributed by atoms with E-state index < -0.39 is 5.41 Å². The fourth-order valence-electron chi connectivity index (χ4n) is 2.68. The summed E-state index contributed by atoms with van der Waals surface area (Å²) in [4.78, 5) is 0. The molecule has 1 aromatic rings. The van der Waals surface area contributed by atoms with Crippen LogP contribution in [0.15, 0.2) is 18.2 Å². The number of aryl methyl sites for hydroxylation is 1. The summed E-state index contributed by atoms with van der Waals surface area (Å²) in [5, 5.41) is 12.8. The van der Waals surface area contributed by atoms with Crippen LogP contribution in [0.2, 0.25) is 0 Å². The van der Waals surface area contributed by atoms with Crippen molar-refractivity contribution in [2.45, 2.75) is 32.7 Å². The van der Waals surface area contributed by atoms with Crippen LogP contribution in [0.3, 0.4) is 0 Å². The summed E-state index contributed by atoms with van der Waals surface area (Å²) in [6.45, 7) is 7.51.